The zero-order chi connectivity index (χ0) is 14.8. The second kappa shape index (κ2) is 5.53. The van der Waals surface area contributed by atoms with Crippen molar-refractivity contribution in [1.29, 1.82) is 0 Å². The molecule has 0 spiro atoms. The normalized spacial score (nSPS) is 10.7. The number of H-pyrrole nitrogens is 1. The van der Waals surface area contributed by atoms with Crippen molar-refractivity contribution in [3.8, 4) is 0 Å². The van der Waals surface area contributed by atoms with Gasteiger partial charge >= 0.3 is 0 Å². The van der Waals surface area contributed by atoms with E-state index in [0.29, 0.717) is 16.7 Å². The average molecular weight is 347 g/mol. The summed E-state index contributed by atoms with van der Waals surface area (Å²) < 4.78 is 0.677. The number of benzene rings is 1. The summed E-state index contributed by atoms with van der Waals surface area (Å²) in [4.78, 5) is 18.0. The van der Waals surface area contributed by atoms with Gasteiger partial charge in [0.25, 0.3) is 5.69 Å². The zero-order valence-corrected chi connectivity index (χ0v) is 12.4. The van der Waals surface area contributed by atoms with Gasteiger partial charge in [-0.25, -0.2) is 4.98 Å². The van der Waals surface area contributed by atoms with Crippen molar-refractivity contribution in [2.75, 3.05) is 5.32 Å². The summed E-state index contributed by atoms with van der Waals surface area (Å²) in [7, 11) is 0. The molecule has 1 aromatic carbocycles. The predicted octanol–water partition coefficient (Wildman–Crippen LogP) is 3.85. The molecule has 6 nitrogen and oxygen atoms in total. The third-order valence-electron chi connectivity index (χ3n) is 3.16. The number of hydrogen-bond acceptors (Lipinski definition) is 4. The molecule has 0 saturated heterocycles. The zero-order valence-electron chi connectivity index (χ0n) is 10.8. The van der Waals surface area contributed by atoms with Crippen LogP contribution < -0.4 is 5.32 Å². The molecule has 3 rings (SSSR count). The van der Waals surface area contributed by atoms with Crippen molar-refractivity contribution >= 4 is 38.3 Å². The van der Waals surface area contributed by atoms with Crippen molar-refractivity contribution in [2.45, 2.75) is 6.54 Å². The average Bonchev–Trinajstić information content (AvgIpc) is 2.89. The number of nitro groups is 1. The number of fused-ring (bicyclic) bond motifs is 1. The lowest BCUT2D eigenvalue weighted by Crippen LogP contribution is -2.02. The van der Waals surface area contributed by atoms with E-state index >= 15 is 0 Å². The number of aromatic amines is 1. The van der Waals surface area contributed by atoms with Crippen LogP contribution in [0.4, 0.5) is 11.4 Å². The molecule has 2 N–H and O–H groups in total. The minimum absolute atomic E-state index is 0.0438. The molecule has 0 aliphatic heterocycles. The summed E-state index contributed by atoms with van der Waals surface area (Å²) in [5.41, 5.74) is 2.35. The van der Waals surface area contributed by atoms with Crippen LogP contribution in [0.25, 0.3) is 11.0 Å². The lowest BCUT2D eigenvalue weighted by molar-refractivity contribution is -0.384. The van der Waals surface area contributed by atoms with Gasteiger partial charge in [0.05, 0.1) is 4.92 Å². The van der Waals surface area contributed by atoms with Crippen LogP contribution in [0.1, 0.15) is 5.56 Å². The Bertz CT molecular complexity index is 816. The van der Waals surface area contributed by atoms with Gasteiger partial charge in [-0.1, -0.05) is 15.9 Å². The number of aromatic nitrogens is 2. The lowest BCUT2D eigenvalue weighted by Gasteiger charge is -2.06. The van der Waals surface area contributed by atoms with Crippen molar-refractivity contribution in [2.24, 2.45) is 0 Å². The SMILES string of the molecule is O=[N+]([O-])c1cc(Br)ccc1NCc1c[nH]c2ncccc12. The molecular formula is C14H11BrN4O2. The molecule has 0 amide bonds. The first-order chi connectivity index (χ1) is 10.1. The fourth-order valence-electron chi connectivity index (χ4n) is 2.15. The molecule has 2 aromatic heterocycles. The number of halogens is 1. The highest BCUT2D eigenvalue weighted by atomic mass is 79.9. The number of anilines is 1. The molecule has 0 bridgehead atoms. The Morgan fingerprint density at radius 2 is 2.24 bits per heavy atom. The van der Waals surface area contributed by atoms with Crippen LogP contribution in [0.15, 0.2) is 47.2 Å². The molecule has 0 fully saturated rings. The maximum absolute atomic E-state index is 11.1. The van der Waals surface area contributed by atoms with Gasteiger partial charge < -0.3 is 10.3 Å². The van der Waals surface area contributed by atoms with E-state index in [9.17, 15) is 10.1 Å². The first-order valence-corrected chi connectivity index (χ1v) is 7.03. The highest BCUT2D eigenvalue weighted by molar-refractivity contribution is 9.10. The highest BCUT2D eigenvalue weighted by Gasteiger charge is 2.14. The largest absolute Gasteiger partial charge is 0.375 e. The summed E-state index contributed by atoms with van der Waals surface area (Å²) in [6.07, 6.45) is 3.57. The molecule has 106 valence electrons. The van der Waals surface area contributed by atoms with E-state index < -0.39 is 4.92 Å². The number of hydrogen-bond donors (Lipinski definition) is 2. The van der Waals surface area contributed by atoms with Crippen molar-refractivity contribution in [3.63, 3.8) is 0 Å². The van der Waals surface area contributed by atoms with E-state index in [2.05, 4.69) is 31.2 Å². The molecule has 0 aliphatic carbocycles. The number of nitro benzene ring substituents is 1. The van der Waals surface area contributed by atoms with Crippen molar-refractivity contribution in [3.05, 3.63) is 62.9 Å². The molecule has 0 atom stereocenters. The van der Waals surface area contributed by atoms with Crippen molar-refractivity contribution in [1.82, 2.24) is 9.97 Å². The van der Waals surface area contributed by atoms with Gasteiger partial charge in [0.1, 0.15) is 11.3 Å². The first-order valence-electron chi connectivity index (χ1n) is 6.24. The highest BCUT2D eigenvalue weighted by Crippen LogP contribution is 2.28. The van der Waals surface area contributed by atoms with Gasteiger partial charge in [-0.05, 0) is 29.8 Å². The monoisotopic (exact) mass is 346 g/mol. The molecular weight excluding hydrogens is 336 g/mol. The second-order valence-electron chi connectivity index (χ2n) is 4.49. The topological polar surface area (TPSA) is 83.9 Å². The maximum Gasteiger partial charge on any atom is 0.293 e. The smallest absolute Gasteiger partial charge is 0.293 e. The quantitative estimate of drug-likeness (QED) is 0.555. The first kappa shape index (κ1) is 13.6. The van der Waals surface area contributed by atoms with E-state index in [1.54, 1.807) is 18.3 Å². The molecule has 0 saturated carbocycles. The third kappa shape index (κ3) is 2.73. The van der Waals surface area contributed by atoms with Gasteiger partial charge in [0.2, 0.25) is 0 Å². The van der Waals surface area contributed by atoms with Crippen LogP contribution in [-0.4, -0.2) is 14.9 Å². The molecule has 7 heteroatoms. The Labute approximate surface area is 128 Å². The standard InChI is InChI=1S/C14H11BrN4O2/c15-10-3-4-12(13(6-10)19(20)21)17-7-9-8-18-14-11(9)2-1-5-16-14/h1-6,8,17H,7H2,(H,16,18). The Hall–Kier alpha value is -2.41. The van der Waals surface area contributed by atoms with Crippen LogP contribution in [-0.2, 0) is 6.54 Å². The number of nitrogens with one attached hydrogen (secondary N) is 2. The van der Waals surface area contributed by atoms with E-state index in [1.807, 2.05) is 18.3 Å². The summed E-state index contributed by atoms with van der Waals surface area (Å²) >= 11 is 3.24. The second-order valence-corrected chi connectivity index (χ2v) is 5.40. The maximum atomic E-state index is 11.1. The molecule has 21 heavy (non-hydrogen) atoms. The summed E-state index contributed by atoms with van der Waals surface area (Å²) in [6.45, 7) is 0.480. The van der Waals surface area contributed by atoms with Crippen LogP contribution >= 0.6 is 15.9 Å². The van der Waals surface area contributed by atoms with Gasteiger partial charge in [-0.2, -0.15) is 0 Å². The van der Waals surface area contributed by atoms with E-state index in [4.69, 9.17) is 0 Å². The third-order valence-corrected chi connectivity index (χ3v) is 3.66. The minimum Gasteiger partial charge on any atom is -0.375 e. The number of pyridine rings is 1. The van der Waals surface area contributed by atoms with E-state index in [-0.39, 0.29) is 5.69 Å². The van der Waals surface area contributed by atoms with E-state index in [0.717, 1.165) is 16.6 Å². The van der Waals surface area contributed by atoms with Gasteiger partial charge in [-0.3, -0.25) is 10.1 Å². The van der Waals surface area contributed by atoms with Crippen LogP contribution in [0.2, 0.25) is 0 Å². The Kier molecular flexibility index (Phi) is 3.57. The molecule has 0 unspecified atom stereocenters. The van der Waals surface area contributed by atoms with E-state index in [1.165, 1.54) is 6.07 Å². The fourth-order valence-corrected chi connectivity index (χ4v) is 2.50. The Balaban J connectivity index is 1.87. The lowest BCUT2D eigenvalue weighted by atomic mass is 10.2. The van der Waals surface area contributed by atoms with Gasteiger partial charge in [0, 0.05) is 34.9 Å². The fraction of sp³-hybridized carbons (Fsp3) is 0.0714. The summed E-state index contributed by atoms with van der Waals surface area (Å²) in [5, 5.41) is 15.2. The molecule has 3 aromatic rings. The van der Waals surface area contributed by atoms with Crippen molar-refractivity contribution < 1.29 is 4.92 Å². The summed E-state index contributed by atoms with van der Waals surface area (Å²) in [6, 6.07) is 8.77. The van der Waals surface area contributed by atoms with Crippen LogP contribution in [0.5, 0.6) is 0 Å². The number of rotatable bonds is 4. The summed E-state index contributed by atoms with van der Waals surface area (Å²) in [5.74, 6) is 0. The van der Waals surface area contributed by atoms with Gasteiger partial charge in [0.15, 0.2) is 0 Å². The molecule has 2 heterocycles. The van der Waals surface area contributed by atoms with Gasteiger partial charge in [-0.15, -0.1) is 0 Å². The Morgan fingerprint density at radius 1 is 1.38 bits per heavy atom. The predicted molar refractivity (Wildman–Crippen MR) is 84.2 cm³/mol. The van der Waals surface area contributed by atoms with Crippen LogP contribution in [0, 0.1) is 10.1 Å². The molecule has 0 aliphatic rings. The molecule has 0 radical (unpaired) electrons. The van der Waals surface area contributed by atoms with Crippen LogP contribution in [0.3, 0.4) is 0 Å². The Morgan fingerprint density at radius 3 is 3.05 bits per heavy atom. The minimum atomic E-state index is -0.399. The number of nitrogens with zero attached hydrogens (tertiary/aromatic N) is 2.